The number of rotatable bonds is 3. The van der Waals surface area contributed by atoms with Gasteiger partial charge < -0.3 is 0 Å². The number of benzene rings is 3. The minimum Gasteiger partial charge on any atom is -0.207 e. The van der Waals surface area contributed by atoms with Gasteiger partial charge in [-0.1, -0.05) is 42.3 Å². The molecule has 0 saturated carbocycles. The van der Waals surface area contributed by atoms with E-state index in [0.717, 1.165) is 0 Å². The van der Waals surface area contributed by atoms with Crippen molar-refractivity contribution in [2.75, 3.05) is 0 Å². The van der Waals surface area contributed by atoms with E-state index in [1.165, 1.54) is 5.56 Å². The molecule has 1 fully saturated rings. The zero-order valence-corrected chi connectivity index (χ0v) is 30.0. The summed E-state index contributed by atoms with van der Waals surface area (Å²) in [6.07, 6.45) is -4.47. The third-order valence-corrected chi connectivity index (χ3v) is 18.1. The lowest BCUT2D eigenvalue weighted by molar-refractivity contribution is 0.381. The molecule has 266 valence electrons. The number of aryl methyl sites for hydroxylation is 1. The van der Waals surface area contributed by atoms with Crippen LogP contribution in [0.1, 0.15) is 80.7 Å². The maximum atomic E-state index is 15.6. The van der Waals surface area contributed by atoms with E-state index in [9.17, 15) is 26.3 Å². The first-order valence-electron chi connectivity index (χ1n) is 15.9. The van der Waals surface area contributed by atoms with Crippen molar-refractivity contribution in [1.29, 1.82) is 0 Å². The van der Waals surface area contributed by atoms with Crippen LogP contribution in [-0.4, -0.2) is 27.3 Å². The predicted molar refractivity (Wildman–Crippen MR) is 177 cm³/mol. The first kappa shape index (κ1) is 39.9. The molecule has 1 aliphatic heterocycles. The molecule has 0 amide bonds. The second-order valence-electron chi connectivity index (χ2n) is 15.9. The van der Waals surface area contributed by atoms with E-state index >= 15 is 17.6 Å². The average Bonchev–Trinajstić information content (AvgIpc) is 2.96. The maximum absolute atomic E-state index is 15.6. The zero-order valence-electron chi connectivity index (χ0n) is 29.1. The van der Waals surface area contributed by atoms with Gasteiger partial charge in [-0.25, -0.2) is 43.9 Å². The van der Waals surface area contributed by atoms with Crippen LogP contribution in [0, 0.1) is 65.1 Å². The molecule has 0 spiro atoms. The molecule has 0 bridgehead atoms. The lowest BCUT2D eigenvalue weighted by Gasteiger charge is -2.62. The molecular weight excluding hydrogens is 664 g/mol. The molecule has 0 aliphatic carbocycles. The Bertz CT molecular complexity index is 1490. The van der Waals surface area contributed by atoms with Gasteiger partial charge in [0.1, 0.15) is 23.3 Å². The van der Waals surface area contributed by atoms with Crippen LogP contribution in [0.15, 0.2) is 30.3 Å². The highest BCUT2D eigenvalue weighted by Gasteiger charge is 2.68. The first-order chi connectivity index (χ1) is 21.8. The van der Waals surface area contributed by atoms with Gasteiger partial charge in [0.05, 0.1) is 21.6 Å². The van der Waals surface area contributed by atoms with Crippen molar-refractivity contribution in [2.45, 2.75) is 116 Å². The molecule has 0 N–H and O–H groups in total. The Morgan fingerprint density at radius 2 is 0.833 bits per heavy atom. The van der Waals surface area contributed by atoms with Crippen molar-refractivity contribution in [3.8, 4) is 0 Å². The summed E-state index contributed by atoms with van der Waals surface area (Å²) in [6, 6.07) is 10.3. The molecule has 0 aromatic heterocycles. The topological polar surface area (TPSA) is 0 Å². The van der Waals surface area contributed by atoms with Crippen LogP contribution in [0.4, 0.5) is 43.9 Å². The van der Waals surface area contributed by atoms with Gasteiger partial charge in [-0.2, -0.15) is 6.32 Å². The van der Waals surface area contributed by atoms with Crippen molar-refractivity contribution >= 4 is 24.3 Å². The molecule has 3 aromatic rings. The van der Waals surface area contributed by atoms with Gasteiger partial charge in [-0.15, -0.1) is 17.2 Å². The second-order valence-corrected chi connectivity index (χ2v) is 22.1. The quantitative estimate of drug-likeness (QED) is 0.0836. The summed E-state index contributed by atoms with van der Waals surface area (Å²) < 4.78 is 149. The van der Waals surface area contributed by atoms with Crippen LogP contribution in [0.3, 0.4) is 0 Å². The van der Waals surface area contributed by atoms with Crippen molar-refractivity contribution in [3.63, 3.8) is 0 Å². The van der Waals surface area contributed by atoms with E-state index in [4.69, 9.17) is 0 Å². The number of halogens is 10. The van der Waals surface area contributed by atoms with Crippen LogP contribution < -0.4 is 10.9 Å². The minimum absolute atomic E-state index is 0.00630. The Morgan fingerprint density at radius 3 is 1.10 bits per heavy atom. The molecule has 1 heterocycles. The fraction of sp³-hybridized carbons (Fsp3) is 0.500. The molecule has 0 unspecified atom stereocenters. The number of hydrogen-bond acceptors (Lipinski definition) is 0. The smallest absolute Gasteiger partial charge is 0.200 e. The normalized spacial score (nSPS) is 17.2. The number of hydrogen-bond donors (Lipinski definition) is 0. The lowest BCUT2D eigenvalue weighted by Crippen LogP contribution is -2.67. The van der Waals surface area contributed by atoms with Crippen LogP contribution in [-0.2, 0) is 0 Å². The summed E-state index contributed by atoms with van der Waals surface area (Å²) in [7, 11) is -2.57. The third kappa shape index (κ3) is 6.42. The van der Waals surface area contributed by atoms with Crippen molar-refractivity contribution in [3.05, 3.63) is 94.1 Å². The van der Waals surface area contributed by atoms with Gasteiger partial charge in [0.2, 0.25) is 0 Å². The van der Waals surface area contributed by atoms with Gasteiger partial charge in [-0.05, 0) is 75.7 Å². The zero-order chi connectivity index (χ0) is 36.9. The van der Waals surface area contributed by atoms with E-state index in [-0.39, 0.29) is 6.42 Å². The molecule has 48 heavy (non-hydrogen) atoms. The van der Waals surface area contributed by atoms with Gasteiger partial charge >= 0.3 is 0 Å². The van der Waals surface area contributed by atoms with Crippen LogP contribution in [0.25, 0.3) is 0 Å². The van der Waals surface area contributed by atoms with Crippen LogP contribution in [0.2, 0.25) is 12.6 Å². The average molecular weight is 709 g/mol. The molecule has 1 atom stereocenters. The van der Waals surface area contributed by atoms with E-state index in [1.54, 1.807) is 0 Å². The molecule has 1 saturated heterocycles. The molecule has 12 heteroatoms. The maximum Gasteiger partial charge on any atom is 0.200 e. The van der Waals surface area contributed by atoms with Crippen LogP contribution in [0.5, 0.6) is 0 Å². The highest BCUT2D eigenvalue weighted by molar-refractivity contribution is 7.80. The third-order valence-electron chi connectivity index (χ3n) is 10.2. The van der Waals surface area contributed by atoms with E-state index in [1.807, 2.05) is 80.5 Å². The first-order valence-corrected chi connectivity index (χ1v) is 17.8. The van der Waals surface area contributed by atoms with Crippen molar-refractivity contribution in [2.24, 2.45) is 0 Å². The SMILES string of the molecule is CC(C)(C)[P+]([C@@H]1CCC[B-](c2c(F)c(F)c(F)c(F)c2F)(c2c(F)c(F)c(F)c(F)c2F)C1)(C(C)(C)C)C(C)(C)C.Cc1ccccc1. The van der Waals surface area contributed by atoms with E-state index < -0.39 is 116 Å². The molecular formula is C36H44BF10P. The Morgan fingerprint density at radius 1 is 0.521 bits per heavy atom. The summed E-state index contributed by atoms with van der Waals surface area (Å²) >= 11 is 0. The van der Waals surface area contributed by atoms with E-state index in [2.05, 4.69) is 19.1 Å². The van der Waals surface area contributed by atoms with Crippen molar-refractivity contribution in [1.82, 2.24) is 0 Å². The molecule has 3 aromatic carbocycles. The highest BCUT2D eigenvalue weighted by Crippen LogP contribution is 2.87. The summed E-state index contributed by atoms with van der Waals surface area (Å²) in [4.78, 5) is 0. The lowest BCUT2D eigenvalue weighted by atomic mass is 9.13. The van der Waals surface area contributed by atoms with Gasteiger partial charge in [-0.3, -0.25) is 0 Å². The summed E-state index contributed by atoms with van der Waals surface area (Å²) in [5.41, 5.74) is -2.32. The fourth-order valence-corrected chi connectivity index (χ4v) is 20.4. The van der Waals surface area contributed by atoms with Crippen LogP contribution >= 0.6 is 7.26 Å². The largest absolute Gasteiger partial charge is 0.207 e. The molecule has 0 nitrogen and oxygen atoms in total. The Hall–Kier alpha value is -2.55. The standard InChI is InChI=1S/C29H36BF10P.C7H8/c1-27(2,3)41(28(4,5)6,29(7,8)9)14-11-10-12-30(13-14,15-17(31)21(35)25(39)22(36)18(15)32)16-19(33)23(37)26(40)24(38)20(16)34;1-7-5-3-2-4-6-7/h14H,10-13H2,1-9H3;2-6H,1H3/t14-;/m1./s1. The fourth-order valence-electron chi connectivity index (χ4n) is 9.83. The minimum atomic E-state index is -3.75. The Labute approximate surface area is 278 Å². The molecule has 4 rings (SSSR count). The van der Waals surface area contributed by atoms with Gasteiger partial charge in [0.25, 0.3) is 0 Å². The molecule has 0 radical (unpaired) electrons. The Kier molecular flexibility index (Phi) is 11.3. The second kappa shape index (κ2) is 13.6. The summed E-state index contributed by atoms with van der Waals surface area (Å²) in [5.74, 6) is -23.7. The molecule has 1 aliphatic rings. The predicted octanol–water partition coefficient (Wildman–Crippen LogP) is 11.2. The van der Waals surface area contributed by atoms with E-state index in [0.29, 0.717) is 6.42 Å². The van der Waals surface area contributed by atoms with Crippen molar-refractivity contribution < 1.29 is 43.9 Å². The van der Waals surface area contributed by atoms with Gasteiger partial charge in [0, 0.05) is 12.9 Å². The summed E-state index contributed by atoms with van der Waals surface area (Å²) in [6.45, 7) is 19.8. The Balaban J connectivity index is 0.000000789. The summed E-state index contributed by atoms with van der Waals surface area (Å²) in [5, 5.41) is -1.54. The van der Waals surface area contributed by atoms with Gasteiger partial charge in [0.15, 0.2) is 34.9 Å². The highest BCUT2D eigenvalue weighted by atomic mass is 31.2. The monoisotopic (exact) mass is 708 g/mol.